The third-order valence-electron chi connectivity index (χ3n) is 4.64. The predicted molar refractivity (Wildman–Crippen MR) is 70.6 cm³/mol. The molecule has 18 heavy (non-hydrogen) atoms. The van der Waals surface area contributed by atoms with Gasteiger partial charge in [-0.2, -0.15) is 0 Å². The summed E-state index contributed by atoms with van der Waals surface area (Å²) in [4.78, 5) is 14.1. The second kappa shape index (κ2) is 3.92. The van der Waals surface area contributed by atoms with Crippen molar-refractivity contribution in [1.29, 1.82) is 0 Å². The summed E-state index contributed by atoms with van der Waals surface area (Å²) in [5, 5.41) is 0. The quantitative estimate of drug-likeness (QED) is 0.785. The molecular weight excluding hydrogens is 224 g/mol. The van der Waals surface area contributed by atoms with Crippen LogP contribution < -0.4 is 4.90 Å². The topological polar surface area (TPSA) is 32.3 Å². The first-order chi connectivity index (χ1) is 8.79. The molecule has 4 nitrogen and oxygen atoms in total. The Morgan fingerprint density at radius 1 is 1.11 bits per heavy atom. The summed E-state index contributed by atoms with van der Waals surface area (Å²) in [6, 6.07) is 2.90. The molecule has 1 aromatic rings. The van der Waals surface area contributed by atoms with Crippen molar-refractivity contribution in [2.75, 3.05) is 31.1 Å². The van der Waals surface area contributed by atoms with Gasteiger partial charge in [-0.25, -0.2) is 9.97 Å². The maximum atomic E-state index is 4.55. The van der Waals surface area contributed by atoms with E-state index in [0.717, 1.165) is 42.6 Å². The fourth-order valence-corrected chi connectivity index (χ4v) is 3.52. The highest BCUT2D eigenvalue weighted by Gasteiger charge is 2.44. The van der Waals surface area contributed by atoms with Crippen LogP contribution in [0.3, 0.4) is 0 Å². The molecule has 96 valence electrons. The van der Waals surface area contributed by atoms with Crippen molar-refractivity contribution in [2.45, 2.75) is 25.8 Å². The Morgan fingerprint density at radius 3 is 2.44 bits per heavy atom. The lowest BCUT2D eigenvalue weighted by Gasteiger charge is -2.21. The second-order valence-electron chi connectivity index (χ2n) is 6.11. The van der Waals surface area contributed by atoms with E-state index in [1.807, 2.05) is 19.2 Å². The molecule has 0 radical (unpaired) electrons. The molecule has 3 fully saturated rings. The third kappa shape index (κ3) is 1.79. The highest BCUT2D eigenvalue weighted by Crippen LogP contribution is 2.38. The van der Waals surface area contributed by atoms with Crippen molar-refractivity contribution in [3.05, 3.63) is 18.0 Å². The van der Waals surface area contributed by atoms with Crippen molar-refractivity contribution in [1.82, 2.24) is 14.9 Å². The van der Waals surface area contributed by atoms with Crippen LogP contribution in [0.1, 0.15) is 18.5 Å². The largest absolute Gasteiger partial charge is 0.340 e. The van der Waals surface area contributed by atoms with Crippen molar-refractivity contribution >= 4 is 5.95 Å². The lowest BCUT2D eigenvalue weighted by molar-refractivity contribution is 0.306. The van der Waals surface area contributed by atoms with Crippen molar-refractivity contribution in [2.24, 2.45) is 11.8 Å². The molecule has 2 saturated heterocycles. The van der Waals surface area contributed by atoms with Gasteiger partial charge in [0, 0.05) is 44.1 Å². The first kappa shape index (κ1) is 10.7. The molecule has 3 aliphatic rings. The van der Waals surface area contributed by atoms with E-state index in [1.165, 1.54) is 25.9 Å². The minimum atomic E-state index is 0.842. The smallest absolute Gasteiger partial charge is 0.225 e. The molecule has 0 aromatic carbocycles. The average molecular weight is 244 g/mol. The van der Waals surface area contributed by atoms with Crippen LogP contribution in [-0.2, 0) is 0 Å². The normalized spacial score (nSPS) is 31.9. The second-order valence-corrected chi connectivity index (χ2v) is 6.11. The highest BCUT2D eigenvalue weighted by molar-refractivity contribution is 5.33. The predicted octanol–water partition coefficient (Wildman–Crippen LogP) is 1.32. The van der Waals surface area contributed by atoms with Gasteiger partial charge in [0.15, 0.2) is 0 Å². The number of likely N-dealkylation sites (tertiary alicyclic amines) is 1. The van der Waals surface area contributed by atoms with E-state index < -0.39 is 0 Å². The van der Waals surface area contributed by atoms with Crippen LogP contribution in [0.4, 0.5) is 5.95 Å². The number of aromatic nitrogens is 2. The summed E-state index contributed by atoms with van der Waals surface area (Å²) < 4.78 is 0. The van der Waals surface area contributed by atoms with Gasteiger partial charge in [-0.3, -0.25) is 4.90 Å². The summed E-state index contributed by atoms with van der Waals surface area (Å²) in [6.07, 6.45) is 4.75. The van der Waals surface area contributed by atoms with Gasteiger partial charge in [0.05, 0.1) is 0 Å². The summed E-state index contributed by atoms with van der Waals surface area (Å²) >= 11 is 0. The molecule has 4 rings (SSSR count). The zero-order valence-corrected chi connectivity index (χ0v) is 10.9. The third-order valence-corrected chi connectivity index (χ3v) is 4.64. The summed E-state index contributed by atoms with van der Waals surface area (Å²) in [5.74, 6) is 2.62. The summed E-state index contributed by atoms with van der Waals surface area (Å²) in [5.41, 5.74) is 1.07. The Bertz CT molecular complexity index is 443. The molecule has 2 aliphatic heterocycles. The maximum absolute atomic E-state index is 4.55. The lowest BCUT2D eigenvalue weighted by Crippen LogP contribution is -2.30. The SMILES string of the molecule is Cc1ccnc(N2CC3CN(C4CC4)CC3C2)n1. The van der Waals surface area contributed by atoms with E-state index in [-0.39, 0.29) is 0 Å². The van der Waals surface area contributed by atoms with Gasteiger partial charge in [-0.15, -0.1) is 0 Å². The minimum absolute atomic E-state index is 0.842. The standard InChI is InChI=1S/C14H20N4/c1-10-4-5-15-14(16-10)18-8-11-6-17(13-2-3-13)7-12(11)9-18/h4-5,11-13H,2-3,6-9H2,1H3. The van der Waals surface area contributed by atoms with E-state index in [2.05, 4.69) is 19.8 Å². The number of nitrogens with zero attached hydrogens (tertiary/aromatic N) is 4. The zero-order valence-electron chi connectivity index (χ0n) is 10.9. The minimum Gasteiger partial charge on any atom is -0.340 e. The van der Waals surface area contributed by atoms with Crippen molar-refractivity contribution < 1.29 is 0 Å². The van der Waals surface area contributed by atoms with Gasteiger partial charge >= 0.3 is 0 Å². The van der Waals surface area contributed by atoms with E-state index in [1.54, 1.807) is 0 Å². The Kier molecular flexibility index (Phi) is 2.34. The molecule has 1 aromatic heterocycles. The fourth-order valence-electron chi connectivity index (χ4n) is 3.52. The van der Waals surface area contributed by atoms with Gasteiger partial charge in [0.1, 0.15) is 0 Å². The number of hydrogen-bond donors (Lipinski definition) is 0. The van der Waals surface area contributed by atoms with Crippen LogP contribution in [0.15, 0.2) is 12.3 Å². The average Bonchev–Trinajstić information content (AvgIpc) is 3.00. The Labute approximate surface area is 108 Å². The molecule has 4 heteroatoms. The molecule has 0 bridgehead atoms. The molecule has 0 N–H and O–H groups in total. The Morgan fingerprint density at radius 2 is 1.83 bits per heavy atom. The summed E-state index contributed by atoms with van der Waals surface area (Å²) in [6.45, 7) is 6.95. The number of fused-ring (bicyclic) bond motifs is 1. The molecule has 2 unspecified atom stereocenters. The van der Waals surface area contributed by atoms with Crippen molar-refractivity contribution in [3.8, 4) is 0 Å². The van der Waals surface area contributed by atoms with Crippen molar-refractivity contribution in [3.63, 3.8) is 0 Å². The first-order valence-electron chi connectivity index (χ1n) is 7.08. The van der Waals surface area contributed by atoms with E-state index >= 15 is 0 Å². The number of aryl methyl sites for hydroxylation is 1. The zero-order chi connectivity index (χ0) is 12.1. The number of hydrogen-bond acceptors (Lipinski definition) is 4. The Hall–Kier alpha value is -1.16. The first-order valence-corrected chi connectivity index (χ1v) is 7.08. The van der Waals surface area contributed by atoms with Gasteiger partial charge in [-0.05, 0) is 37.7 Å². The summed E-state index contributed by atoms with van der Waals surface area (Å²) in [7, 11) is 0. The van der Waals surface area contributed by atoms with E-state index in [4.69, 9.17) is 0 Å². The van der Waals surface area contributed by atoms with E-state index in [9.17, 15) is 0 Å². The molecular formula is C14H20N4. The van der Waals surface area contributed by atoms with E-state index in [0.29, 0.717) is 0 Å². The fraction of sp³-hybridized carbons (Fsp3) is 0.714. The van der Waals surface area contributed by atoms with Crippen LogP contribution in [0.5, 0.6) is 0 Å². The number of rotatable bonds is 2. The Balaban J connectivity index is 1.46. The molecule has 1 aliphatic carbocycles. The molecule has 3 heterocycles. The van der Waals surface area contributed by atoms with Gasteiger partial charge in [-0.1, -0.05) is 0 Å². The monoisotopic (exact) mass is 244 g/mol. The van der Waals surface area contributed by atoms with Crippen LogP contribution in [-0.4, -0.2) is 47.1 Å². The highest BCUT2D eigenvalue weighted by atomic mass is 15.3. The van der Waals surface area contributed by atoms with Crippen LogP contribution in [0.25, 0.3) is 0 Å². The van der Waals surface area contributed by atoms with Crippen LogP contribution in [0, 0.1) is 18.8 Å². The van der Waals surface area contributed by atoms with Gasteiger partial charge in [0.25, 0.3) is 0 Å². The molecule has 0 spiro atoms. The molecule has 2 atom stereocenters. The van der Waals surface area contributed by atoms with Crippen LogP contribution in [0.2, 0.25) is 0 Å². The maximum Gasteiger partial charge on any atom is 0.225 e. The van der Waals surface area contributed by atoms with Gasteiger partial charge < -0.3 is 4.90 Å². The lowest BCUT2D eigenvalue weighted by atomic mass is 10.0. The van der Waals surface area contributed by atoms with Crippen LogP contribution >= 0.6 is 0 Å². The number of anilines is 1. The van der Waals surface area contributed by atoms with Gasteiger partial charge in [0.2, 0.25) is 5.95 Å². The molecule has 1 saturated carbocycles. The molecule has 0 amide bonds.